The van der Waals surface area contributed by atoms with Crippen LogP contribution in [0.1, 0.15) is 13.3 Å². The number of nitrogens with zero attached hydrogens (tertiary/aromatic N) is 3. The van der Waals surface area contributed by atoms with Crippen LogP contribution in [0, 0.1) is 16.0 Å². The first-order chi connectivity index (χ1) is 9.54. The molecule has 1 aromatic heterocycles. The number of aliphatic hydroxyl groups is 1. The zero-order chi connectivity index (χ0) is 14.3. The van der Waals surface area contributed by atoms with Gasteiger partial charge in [0.25, 0.3) is 5.69 Å². The molecule has 2 heterocycles. The highest BCUT2D eigenvalue weighted by Gasteiger charge is 2.26. The number of rotatable bonds is 2. The first-order valence-corrected chi connectivity index (χ1v) is 6.62. The molecule has 2 aromatic rings. The number of aromatic amines is 1. The third-order valence-electron chi connectivity index (χ3n) is 3.82. The van der Waals surface area contributed by atoms with E-state index in [1.54, 1.807) is 6.07 Å². The topological polar surface area (TPSA) is 95.3 Å². The third kappa shape index (κ3) is 2.20. The fourth-order valence-electron chi connectivity index (χ4n) is 2.57. The fourth-order valence-corrected chi connectivity index (χ4v) is 2.57. The van der Waals surface area contributed by atoms with E-state index in [2.05, 4.69) is 14.9 Å². The summed E-state index contributed by atoms with van der Waals surface area (Å²) < 4.78 is 0. The number of fused-ring (bicyclic) bond motifs is 1. The smallest absolute Gasteiger partial charge is 0.271 e. The molecular weight excluding hydrogens is 260 g/mol. The Morgan fingerprint density at radius 3 is 3.05 bits per heavy atom. The number of non-ortho nitro benzene ring substituents is 1. The van der Waals surface area contributed by atoms with E-state index in [0.29, 0.717) is 23.4 Å². The lowest BCUT2D eigenvalue weighted by atomic mass is 9.97. The number of nitro groups is 1. The van der Waals surface area contributed by atoms with Gasteiger partial charge in [-0.1, -0.05) is 6.92 Å². The van der Waals surface area contributed by atoms with Crippen LogP contribution < -0.4 is 4.90 Å². The number of nitrogens with one attached hydrogen (secondary N) is 1. The molecule has 2 N–H and O–H groups in total. The number of aliphatic hydroxyl groups excluding tert-OH is 1. The van der Waals surface area contributed by atoms with Crippen molar-refractivity contribution in [2.45, 2.75) is 19.4 Å². The number of imidazole rings is 1. The molecule has 20 heavy (non-hydrogen) atoms. The fraction of sp³-hybridized carbons (Fsp3) is 0.462. The van der Waals surface area contributed by atoms with Crippen molar-refractivity contribution in [3.05, 3.63) is 28.3 Å². The number of hydrogen-bond donors (Lipinski definition) is 2. The second-order valence-corrected chi connectivity index (χ2v) is 5.30. The molecule has 0 radical (unpaired) electrons. The first-order valence-electron chi connectivity index (χ1n) is 6.62. The van der Waals surface area contributed by atoms with Gasteiger partial charge in [0.2, 0.25) is 5.95 Å². The number of anilines is 1. The van der Waals surface area contributed by atoms with E-state index < -0.39 is 4.92 Å². The lowest BCUT2D eigenvalue weighted by molar-refractivity contribution is -0.384. The molecule has 1 aliphatic rings. The summed E-state index contributed by atoms with van der Waals surface area (Å²) in [6.07, 6.45) is 0.440. The number of hydrogen-bond acceptors (Lipinski definition) is 5. The van der Waals surface area contributed by atoms with Gasteiger partial charge in [-0.25, -0.2) is 4.98 Å². The standard InChI is InChI=1S/C13H16N4O3/c1-8-7-16(5-4-12(8)18)13-14-10-3-2-9(17(19)20)6-11(10)15-13/h2-3,6,8,12,18H,4-5,7H2,1H3,(H,14,15). The van der Waals surface area contributed by atoms with Gasteiger partial charge in [-0.15, -0.1) is 0 Å². The maximum absolute atomic E-state index is 10.8. The van der Waals surface area contributed by atoms with E-state index in [1.165, 1.54) is 12.1 Å². The molecule has 0 amide bonds. The van der Waals surface area contributed by atoms with Crippen molar-refractivity contribution in [2.24, 2.45) is 5.92 Å². The van der Waals surface area contributed by atoms with Crippen LogP contribution in [0.15, 0.2) is 18.2 Å². The predicted molar refractivity (Wildman–Crippen MR) is 74.7 cm³/mol. The highest BCUT2D eigenvalue weighted by Crippen LogP contribution is 2.25. The van der Waals surface area contributed by atoms with Gasteiger partial charge in [-0.05, 0) is 18.4 Å². The molecule has 0 bridgehead atoms. The van der Waals surface area contributed by atoms with Crippen LogP contribution in [0.5, 0.6) is 0 Å². The number of piperidine rings is 1. The van der Waals surface area contributed by atoms with Crippen LogP contribution in [0.4, 0.5) is 11.6 Å². The monoisotopic (exact) mass is 276 g/mol. The van der Waals surface area contributed by atoms with E-state index in [1.807, 2.05) is 6.92 Å². The van der Waals surface area contributed by atoms with Gasteiger partial charge in [0, 0.05) is 25.2 Å². The molecule has 3 rings (SSSR count). The van der Waals surface area contributed by atoms with Crippen LogP contribution in [0.25, 0.3) is 11.0 Å². The molecule has 2 atom stereocenters. The maximum Gasteiger partial charge on any atom is 0.271 e. The summed E-state index contributed by atoms with van der Waals surface area (Å²) in [5, 5.41) is 20.5. The van der Waals surface area contributed by atoms with Crippen molar-refractivity contribution in [3.8, 4) is 0 Å². The Hall–Kier alpha value is -2.15. The van der Waals surface area contributed by atoms with E-state index in [9.17, 15) is 15.2 Å². The molecule has 1 saturated heterocycles. The summed E-state index contributed by atoms with van der Waals surface area (Å²) in [6, 6.07) is 4.60. The quantitative estimate of drug-likeness (QED) is 0.642. The van der Waals surface area contributed by atoms with Crippen molar-refractivity contribution >= 4 is 22.7 Å². The second kappa shape index (κ2) is 4.75. The van der Waals surface area contributed by atoms with Crippen molar-refractivity contribution in [2.75, 3.05) is 18.0 Å². The van der Waals surface area contributed by atoms with Gasteiger partial charge in [-0.3, -0.25) is 10.1 Å². The van der Waals surface area contributed by atoms with Gasteiger partial charge in [-0.2, -0.15) is 0 Å². The zero-order valence-corrected chi connectivity index (χ0v) is 11.1. The van der Waals surface area contributed by atoms with Crippen LogP contribution >= 0.6 is 0 Å². The normalized spacial score (nSPS) is 23.2. The molecule has 0 aliphatic carbocycles. The largest absolute Gasteiger partial charge is 0.393 e. The van der Waals surface area contributed by atoms with Gasteiger partial charge >= 0.3 is 0 Å². The minimum atomic E-state index is -0.417. The molecule has 7 heteroatoms. The lowest BCUT2D eigenvalue weighted by Gasteiger charge is -2.34. The summed E-state index contributed by atoms with van der Waals surface area (Å²) in [5.74, 6) is 0.894. The summed E-state index contributed by atoms with van der Waals surface area (Å²) in [7, 11) is 0. The Morgan fingerprint density at radius 1 is 1.55 bits per heavy atom. The van der Waals surface area contributed by atoms with Crippen LogP contribution in [0.3, 0.4) is 0 Å². The van der Waals surface area contributed by atoms with Crippen LogP contribution in [-0.2, 0) is 0 Å². The van der Waals surface area contributed by atoms with Crippen molar-refractivity contribution in [3.63, 3.8) is 0 Å². The van der Waals surface area contributed by atoms with E-state index in [0.717, 1.165) is 13.1 Å². The van der Waals surface area contributed by atoms with E-state index >= 15 is 0 Å². The van der Waals surface area contributed by atoms with Crippen molar-refractivity contribution in [1.82, 2.24) is 9.97 Å². The van der Waals surface area contributed by atoms with E-state index in [-0.39, 0.29) is 17.7 Å². The average Bonchev–Trinajstić information content (AvgIpc) is 2.84. The highest BCUT2D eigenvalue weighted by molar-refractivity contribution is 5.80. The molecule has 1 aromatic carbocycles. The first kappa shape index (κ1) is 12.9. The second-order valence-electron chi connectivity index (χ2n) is 5.30. The van der Waals surface area contributed by atoms with Crippen molar-refractivity contribution < 1.29 is 10.0 Å². The minimum Gasteiger partial charge on any atom is -0.393 e. The Balaban J connectivity index is 1.91. The van der Waals surface area contributed by atoms with Gasteiger partial charge < -0.3 is 15.0 Å². The highest BCUT2D eigenvalue weighted by atomic mass is 16.6. The number of aromatic nitrogens is 2. The van der Waals surface area contributed by atoms with E-state index in [4.69, 9.17) is 0 Å². The average molecular weight is 276 g/mol. The zero-order valence-electron chi connectivity index (χ0n) is 11.1. The Labute approximate surface area is 115 Å². The third-order valence-corrected chi connectivity index (χ3v) is 3.82. The minimum absolute atomic E-state index is 0.0511. The molecule has 2 unspecified atom stereocenters. The summed E-state index contributed by atoms with van der Waals surface area (Å²) >= 11 is 0. The lowest BCUT2D eigenvalue weighted by Crippen LogP contribution is -2.42. The van der Waals surface area contributed by atoms with Crippen molar-refractivity contribution in [1.29, 1.82) is 0 Å². The summed E-state index contributed by atoms with van der Waals surface area (Å²) in [6.45, 7) is 3.46. The SMILES string of the molecule is CC1CN(c2nc3ccc([N+](=O)[O-])cc3[nH]2)CCC1O. The van der Waals surface area contributed by atoms with Gasteiger partial charge in [0.15, 0.2) is 0 Å². The molecule has 0 saturated carbocycles. The Kier molecular flexibility index (Phi) is 3.06. The molecular formula is C13H16N4O3. The predicted octanol–water partition coefficient (Wildman–Crippen LogP) is 1.68. The maximum atomic E-state index is 10.8. The summed E-state index contributed by atoms with van der Waals surface area (Å²) in [5.41, 5.74) is 1.42. The molecule has 1 aliphatic heterocycles. The van der Waals surface area contributed by atoms with Crippen LogP contribution in [-0.4, -0.2) is 39.2 Å². The number of nitro benzene ring substituents is 1. The number of benzene rings is 1. The number of H-pyrrole nitrogens is 1. The molecule has 106 valence electrons. The Bertz CT molecular complexity index is 654. The molecule has 7 nitrogen and oxygen atoms in total. The Morgan fingerprint density at radius 2 is 2.35 bits per heavy atom. The molecule has 1 fully saturated rings. The van der Waals surface area contributed by atoms with Crippen LogP contribution in [0.2, 0.25) is 0 Å². The molecule has 0 spiro atoms. The summed E-state index contributed by atoms with van der Waals surface area (Å²) in [4.78, 5) is 20.0. The van der Waals surface area contributed by atoms with Gasteiger partial charge in [0.05, 0.1) is 22.1 Å². The van der Waals surface area contributed by atoms with Gasteiger partial charge in [0.1, 0.15) is 0 Å².